The average Bonchev–Trinajstić information content (AvgIpc) is 3.26. The Morgan fingerprint density at radius 2 is 1.54 bits per heavy atom. The molecule has 3 aromatic rings. The largest absolute Gasteiger partial charge is 0.372 e. The van der Waals surface area contributed by atoms with Crippen LogP contribution < -0.4 is 15.5 Å². The molecule has 6 nitrogen and oxygen atoms in total. The van der Waals surface area contributed by atoms with Crippen molar-refractivity contribution in [3.8, 4) is 0 Å². The molecule has 0 saturated carbocycles. The zero-order chi connectivity index (χ0) is 19.3. The summed E-state index contributed by atoms with van der Waals surface area (Å²) in [5.41, 5.74) is 2.79. The fourth-order valence-corrected chi connectivity index (χ4v) is 3.13. The third kappa shape index (κ3) is 4.25. The van der Waals surface area contributed by atoms with Gasteiger partial charge < -0.3 is 15.5 Å². The van der Waals surface area contributed by atoms with Gasteiger partial charge in [-0.15, -0.1) is 10.2 Å². The Morgan fingerprint density at radius 3 is 2.18 bits per heavy atom. The van der Waals surface area contributed by atoms with Crippen molar-refractivity contribution >= 4 is 28.8 Å². The fourth-order valence-electron chi connectivity index (χ4n) is 3.13. The van der Waals surface area contributed by atoms with Crippen molar-refractivity contribution < 1.29 is 9.18 Å². The molecule has 1 amide bonds. The van der Waals surface area contributed by atoms with Crippen LogP contribution in [0.1, 0.15) is 23.3 Å². The number of nitrogens with zero attached hydrogens (tertiary/aromatic N) is 3. The van der Waals surface area contributed by atoms with Crippen LogP contribution in [0.2, 0.25) is 0 Å². The van der Waals surface area contributed by atoms with Gasteiger partial charge in [-0.2, -0.15) is 0 Å². The number of anilines is 4. The van der Waals surface area contributed by atoms with Crippen molar-refractivity contribution in [3.63, 3.8) is 0 Å². The molecule has 0 aliphatic carbocycles. The molecule has 2 N–H and O–H groups in total. The Kier molecular flexibility index (Phi) is 5.14. The smallest absolute Gasteiger partial charge is 0.276 e. The van der Waals surface area contributed by atoms with Crippen molar-refractivity contribution in [2.24, 2.45) is 0 Å². The molecule has 1 aliphatic rings. The van der Waals surface area contributed by atoms with Crippen LogP contribution in [-0.4, -0.2) is 29.2 Å². The zero-order valence-electron chi connectivity index (χ0n) is 15.2. The third-order valence-corrected chi connectivity index (χ3v) is 4.61. The van der Waals surface area contributed by atoms with Gasteiger partial charge >= 0.3 is 0 Å². The van der Waals surface area contributed by atoms with Crippen molar-refractivity contribution in [2.45, 2.75) is 12.8 Å². The van der Waals surface area contributed by atoms with E-state index in [4.69, 9.17) is 0 Å². The van der Waals surface area contributed by atoms with Crippen molar-refractivity contribution in [1.82, 2.24) is 10.2 Å². The van der Waals surface area contributed by atoms with E-state index in [9.17, 15) is 9.18 Å². The van der Waals surface area contributed by atoms with Crippen molar-refractivity contribution in [3.05, 3.63) is 72.2 Å². The maximum absolute atomic E-state index is 12.9. The standard InChI is InChI=1S/C21H20FN5O/c22-15-3-5-16(6-4-15)23-20-12-11-19(25-26-20)21(28)24-17-7-9-18(10-8-17)27-13-1-2-14-27/h3-12H,1-2,13-14H2,(H,23,26)(H,24,28). The maximum atomic E-state index is 12.9. The summed E-state index contributed by atoms with van der Waals surface area (Å²) in [5, 5.41) is 13.8. The normalized spacial score (nSPS) is 13.4. The van der Waals surface area contributed by atoms with Crippen LogP contribution in [0.4, 0.5) is 27.3 Å². The molecule has 0 bridgehead atoms. The molecule has 28 heavy (non-hydrogen) atoms. The molecule has 2 heterocycles. The van der Waals surface area contributed by atoms with E-state index in [1.807, 2.05) is 24.3 Å². The summed E-state index contributed by atoms with van der Waals surface area (Å²) in [6.45, 7) is 2.17. The summed E-state index contributed by atoms with van der Waals surface area (Å²) < 4.78 is 12.9. The quantitative estimate of drug-likeness (QED) is 0.697. The average molecular weight is 377 g/mol. The van der Waals surface area contributed by atoms with Gasteiger partial charge in [0.15, 0.2) is 11.5 Å². The summed E-state index contributed by atoms with van der Waals surface area (Å²) in [6, 6.07) is 17.0. The molecule has 142 valence electrons. The molecule has 0 unspecified atom stereocenters. The maximum Gasteiger partial charge on any atom is 0.276 e. The first kappa shape index (κ1) is 17.9. The Bertz CT molecular complexity index is 936. The molecular formula is C21H20FN5O. The van der Waals surface area contributed by atoms with Gasteiger partial charge in [0, 0.05) is 30.2 Å². The van der Waals surface area contributed by atoms with E-state index >= 15 is 0 Å². The molecule has 0 atom stereocenters. The lowest BCUT2D eigenvalue weighted by molar-refractivity contribution is 0.102. The minimum atomic E-state index is -0.324. The monoisotopic (exact) mass is 377 g/mol. The second-order valence-corrected chi connectivity index (χ2v) is 6.63. The van der Waals surface area contributed by atoms with E-state index < -0.39 is 0 Å². The van der Waals surface area contributed by atoms with Gasteiger partial charge in [0.25, 0.3) is 5.91 Å². The number of carbonyl (C=O) groups excluding carboxylic acids is 1. The molecule has 4 rings (SSSR count). The van der Waals surface area contributed by atoms with Crippen LogP contribution in [0.3, 0.4) is 0 Å². The first-order valence-electron chi connectivity index (χ1n) is 9.20. The number of amides is 1. The van der Waals surface area contributed by atoms with Crippen LogP contribution in [-0.2, 0) is 0 Å². The number of aromatic nitrogens is 2. The Balaban J connectivity index is 1.37. The molecule has 1 aromatic heterocycles. The second-order valence-electron chi connectivity index (χ2n) is 6.63. The van der Waals surface area contributed by atoms with E-state index in [2.05, 4.69) is 25.7 Å². The minimum absolute atomic E-state index is 0.216. The van der Waals surface area contributed by atoms with Crippen LogP contribution in [0, 0.1) is 5.82 Å². The molecule has 1 fully saturated rings. The highest BCUT2D eigenvalue weighted by Crippen LogP contribution is 2.22. The second kappa shape index (κ2) is 8.04. The number of halogens is 1. The Labute approximate surface area is 162 Å². The zero-order valence-corrected chi connectivity index (χ0v) is 15.2. The SMILES string of the molecule is O=C(Nc1ccc(N2CCCC2)cc1)c1ccc(Nc2ccc(F)cc2)nn1. The summed E-state index contributed by atoms with van der Waals surface area (Å²) in [7, 11) is 0. The van der Waals surface area contributed by atoms with Crippen molar-refractivity contribution in [2.75, 3.05) is 28.6 Å². The summed E-state index contributed by atoms with van der Waals surface area (Å²) in [5.74, 6) is -0.162. The number of benzene rings is 2. The summed E-state index contributed by atoms with van der Waals surface area (Å²) >= 11 is 0. The highest BCUT2D eigenvalue weighted by molar-refractivity contribution is 6.02. The van der Waals surface area contributed by atoms with Gasteiger partial charge in [0.1, 0.15) is 5.82 Å². The van der Waals surface area contributed by atoms with Crippen LogP contribution in [0.25, 0.3) is 0 Å². The highest BCUT2D eigenvalue weighted by Gasteiger charge is 2.13. The molecule has 1 aliphatic heterocycles. The predicted molar refractivity (Wildman–Crippen MR) is 108 cm³/mol. The molecule has 1 saturated heterocycles. The first-order chi connectivity index (χ1) is 13.7. The van der Waals surface area contributed by atoms with Gasteiger partial charge in [-0.1, -0.05) is 0 Å². The van der Waals surface area contributed by atoms with Gasteiger partial charge in [-0.25, -0.2) is 4.39 Å². The van der Waals surface area contributed by atoms with Crippen LogP contribution >= 0.6 is 0 Å². The van der Waals surface area contributed by atoms with E-state index in [0.717, 1.165) is 13.1 Å². The number of hydrogen-bond acceptors (Lipinski definition) is 5. The van der Waals surface area contributed by atoms with E-state index in [-0.39, 0.29) is 17.4 Å². The molecule has 7 heteroatoms. The van der Waals surface area contributed by atoms with Crippen molar-refractivity contribution in [1.29, 1.82) is 0 Å². The van der Waals surface area contributed by atoms with E-state index in [1.54, 1.807) is 24.3 Å². The van der Waals surface area contributed by atoms with Gasteiger partial charge in [-0.3, -0.25) is 4.79 Å². The van der Waals surface area contributed by atoms with Crippen LogP contribution in [0.15, 0.2) is 60.7 Å². The van der Waals surface area contributed by atoms with E-state index in [1.165, 1.54) is 30.7 Å². The first-order valence-corrected chi connectivity index (χ1v) is 9.20. The minimum Gasteiger partial charge on any atom is -0.372 e. The lowest BCUT2D eigenvalue weighted by Gasteiger charge is -2.17. The molecule has 2 aromatic carbocycles. The number of hydrogen-bond donors (Lipinski definition) is 2. The predicted octanol–water partition coefficient (Wildman–Crippen LogP) is 4.21. The van der Waals surface area contributed by atoms with Gasteiger partial charge in [0.2, 0.25) is 0 Å². The number of nitrogens with one attached hydrogen (secondary N) is 2. The van der Waals surface area contributed by atoms with Gasteiger partial charge in [0.05, 0.1) is 0 Å². The summed E-state index contributed by atoms with van der Waals surface area (Å²) in [6.07, 6.45) is 2.45. The molecule has 0 spiro atoms. The third-order valence-electron chi connectivity index (χ3n) is 4.61. The fraction of sp³-hybridized carbons (Fsp3) is 0.190. The summed E-state index contributed by atoms with van der Waals surface area (Å²) in [4.78, 5) is 14.7. The highest BCUT2D eigenvalue weighted by atomic mass is 19.1. The Morgan fingerprint density at radius 1 is 0.857 bits per heavy atom. The van der Waals surface area contributed by atoms with Gasteiger partial charge in [-0.05, 0) is 73.5 Å². The topological polar surface area (TPSA) is 70.2 Å². The lowest BCUT2D eigenvalue weighted by Crippen LogP contribution is -2.18. The lowest BCUT2D eigenvalue weighted by atomic mass is 10.2. The number of carbonyl (C=O) groups is 1. The van der Waals surface area contributed by atoms with Crippen LogP contribution in [0.5, 0.6) is 0 Å². The molecular weight excluding hydrogens is 357 g/mol. The van der Waals surface area contributed by atoms with E-state index in [0.29, 0.717) is 17.2 Å². The molecule has 0 radical (unpaired) electrons. The number of rotatable bonds is 5. The Hall–Kier alpha value is -3.48.